The van der Waals surface area contributed by atoms with E-state index >= 15 is 0 Å². The van der Waals surface area contributed by atoms with E-state index in [4.69, 9.17) is 0 Å². The standard InChI is InChI=1S/C18H27N3O2/c1-4-17(22)20-16-11-15(6-5-14(16)3)19-18(23)12-21-9-7-13(2)8-10-21/h5-6,11,13H,4,7-10,12H2,1-3H3,(H,19,23)(H,20,22). The fourth-order valence-corrected chi connectivity index (χ4v) is 2.70. The number of amides is 2. The maximum absolute atomic E-state index is 12.2. The Hall–Kier alpha value is -1.88. The van der Waals surface area contributed by atoms with Gasteiger partial charge in [0.1, 0.15) is 0 Å². The summed E-state index contributed by atoms with van der Waals surface area (Å²) in [6.45, 7) is 8.41. The molecular formula is C18H27N3O2. The van der Waals surface area contributed by atoms with Crippen LogP contribution in [-0.4, -0.2) is 36.3 Å². The quantitative estimate of drug-likeness (QED) is 0.877. The summed E-state index contributed by atoms with van der Waals surface area (Å²) >= 11 is 0. The van der Waals surface area contributed by atoms with E-state index in [0.29, 0.717) is 13.0 Å². The Bertz CT molecular complexity index is 563. The van der Waals surface area contributed by atoms with E-state index in [1.807, 2.05) is 32.0 Å². The number of nitrogens with one attached hydrogen (secondary N) is 2. The molecule has 23 heavy (non-hydrogen) atoms. The molecule has 5 heteroatoms. The van der Waals surface area contributed by atoms with Gasteiger partial charge in [-0.15, -0.1) is 0 Å². The third-order valence-electron chi connectivity index (χ3n) is 4.36. The summed E-state index contributed by atoms with van der Waals surface area (Å²) in [7, 11) is 0. The first-order chi connectivity index (χ1) is 11.0. The smallest absolute Gasteiger partial charge is 0.238 e. The molecule has 0 atom stereocenters. The van der Waals surface area contributed by atoms with Crippen molar-refractivity contribution in [2.24, 2.45) is 5.92 Å². The van der Waals surface area contributed by atoms with Gasteiger partial charge in [-0.2, -0.15) is 0 Å². The topological polar surface area (TPSA) is 61.4 Å². The minimum Gasteiger partial charge on any atom is -0.326 e. The lowest BCUT2D eigenvalue weighted by molar-refractivity contribution is -0.117. The van der Waals surface area contributed by atoms with Crippen molar-refractivity contribution in [3.63, 3.8) is 0 Å². The molecule has 1 heterocycles. The van der Waals surface area contributed by atoms with E-state index in [-0.39, 0.29) is 11.8 Å². The Morgan fingerprint density at radius 2 is 1.87 bits per heavy atom. The number of nitrogens with zero attached hydrogens (tertiary/aromatic N) is 1. The number of aryl methyl sites for hydroxylation is 1. The molecule has 0 unspecified atom stereocenters. The zero-order chi connectivity index (χ0) is 16.8. The van der Waals surface area contributed by atoms with Crippen molar-refractivity contribution in [2.45, 2.75) is 40.0 Å². The second kappa shape index (κ2) is 8.11. The van der Waals surface area contributed by atoms with Crippen LogP contribution in [0.25, 0.3) is 0 Å². The van der Waals surface area contributed by atoms with Crippen molar-refractivity contribution >= 4 is 23.2 Å². The van der Waals surface area contributed by atoms with Crippen LogP contribution < -0.4 is 10.6 Å². The second-order valence-electron chi connectivity index (χ2n) is 6.44. The zero-order valence-electron chi connectivity index (χ0n) is 14.3. The van der Waals surface area contributed by atoms with Gasteiger partial charge in [0.15, 0.2) is 0 Å². The van der Waals surface area contributed by atoms with E-state index < -0.39 is 0 Å². The maximum Gasteiger partial charge on any atom is 0.238 e. The van der Waals surface area contributed by atoms with Crippen LogP contribution in [0.15, 0.2) is 18.2 Å². The van der Waals surface area contributed by atoms with E-state index in [0.717, 1.165) is 48.8 Å². The van der Waals surface area contributed by atoms with Crippen LogP contribution in [0.3, 0.4) is 0 Å². The van der Waals surface area contributed by atoms with Gasteiger partial charge in [-0.3, -0.25) is 14.5 Å². The first-order valence-electron chi connectivity index (χ1n) is 8.40. The summed E-state index contributed by atoms with van der Waals surface area (Å²) in [6, 6.07) is 5.59. The number of carbonyl (C=O) groups is 2. The Kier molecular flexibility index (Phi) is 6.16. The molecule has 1 fully saturated rings. The van der Waals surface area contributed by atoms with Crippen LogP contribution in [0.2, 0.25) is 0 Å². The predicted octanol–water partition coefficient (Wildman–Crippen LogP) is 3.01. The molecule has 0 aromatic heterocycles. The Morgan fingerprint density at radius 1 is 1.17 bits per heavy atom. The molecule has 2 N–H and O–H groups in total. The molecule has 2 rings (SSSR count). The summed E-state index contributed by atoms with van der Waals surface area (Å²) in [5.74, 6) is 0.728. The van der Waals surface area contributed by atoms with Crippen LogP contribution in [0, 0.1) is 12.8 Å². The molecule has 2 amide bonds. The number of carbonyl (C=O) groups excluding carboxylic acids is 2. The van der Waals surface area contributed by atoms with Crippen molar-refractivity contribution in [1.82, 2.24) is 4.90 Å². The molecular weight excluding hydrogens is 290 g/mol. The van der Waals surface area contributed by atoms with E-state index in [2.05, 4.69) is 22.5 Å². The van der Waals surface area contributed by atoms with Crippen LogP contribution >= 0.6 is 0 Å². The minimum atomic E-state index is -0.0287. The molecule has 1 saturated heterocycles. The highest BCUT2D eigenvalue weighted by Gasteiger charge is 2.18. The van der Waals surface area contributed by atoms with Gasteiger partial charge >= 0.3 is 0 Å². The van der Waals surface area contributed by atoms with E-state index in [1.54, 1.807) is 0 Å². The van der Waals surface area contributed by atoms with Gasteiger partial charge in [0, 0.05) is 17.8 Å². The second-order valence-corrected chi connectivity index (χ2v) is 6.44. The van der Waals surface area contributed by atoms with Gasteiger partial charge in [-0.25, -0.2) is 0 Å². The molecule has 0 spiro atoms. The molecule has 5 nitrogen and oxygen atoms in total. The number of benzene rings is 1. The average Bonchev–Trinajstić information content (AvgIpc) is 2.52. The van der Waals surface area contributed by atoms with Crippen LogP contribution in [0.1, 0.15) is 38.7 Å². The molecule has 1 aromatic rings. The summed E-state index contributed by atoms with van der Waals surface area (Å²) in [4.78, 5) is 25.9. The zero-order valence-corrected chi connectivity index (χ0v) is 14.3. The molecule has 0 saturated carbocycles. The molecule has 1 aromatic carbocycles. The molecule has 0 radical (unpaired) electrons. The van der Waals surface area contributed by atoms with Gasteiger partial charge in [0.2, 0.25) is 11.8 Å². The predicted molar refractivity (Wildman–Crippen MR) is 93.6 cm³/mol. The first-order valence-corrected chi connectivity index (χ1v) is 8.40. The van der Waals surface area contributed by atoms with Crippen molar-refractivity contribution in [3.05, 3.63) is 23.8 Å². The van der Waals surface area contributed by atoms with Crippen LogP contribution in [0.4, 0.5) is 11.4 Å². The van der Waals surface area contributed by atoms with Gasteiger partial charge in [0.25, 0.3) is 0 Å². The lowest BCUT2D eigenvalue weighted by Gasteiger charge is -2.29. The third kappa shape index (κ3) is 5.36. The SMILES string of the molecule is CCC(=O)Nc1cc(NC(=O)CN2CCC(C)CC2)ccc1C. The Balaban J connectivity index is 1.92. The van der Waals surface area contributed by atoms with Crippen LogP contribution in [-0.2, 0) is 9.59 Å². The van der Waals surface area contributed by atoms with E-state index in [9.17, 15) is 9.59 Å². The van der Waals surface area contributed by atoms with Crippen molar-refractivity contribution in [2.75, 3.05) is 30.3 Å². The van der Waals surface area contributed by atoms with Gasteiger partial charge in [-0.05, 0) is 56.5 Å². The molecule has 1 aliphatic heterocycles. The fourth-order valence-electron chi connectivity index (χ4n) is 2.70. The van der Waals surface area contributed by atoms with E-state index in [1.165, 1.54) is 0 Å². The lowest BCUT2D eigenvalue weighted by atomic mass is 9.99. The highest BCUT2D eigenvalue weighted by molar-refractivity contribution is 5.95. The number of hydrogen-bond acceptors (Lipinski definition) is 3. The Morgan fingerprint density at radius 3 is 2.52 bits per heavy atom. The number of hydrogen-bond donors (Lipinski definition) is 2. The van der Waals surface area contributed by atoms with Crippen LogP contribution in [0.5, 0.6) is 0 Å². The third-order valence-corrected chi connectivity index (χ3v) is 4.36. The normalized spacial score (nSPS) is 16.1. The number of likely N-dealkylation sites (tertiary alicyclic amines) is 1. The summed E-state index contributed by atoms with van der Waals surface area (Å²) in [5, 5.41) is 5.79. The molecule has 0 aliphatic carbocycles. The summed E-state index contributed by atoms with van der Waals surface area (Å²) in [5.41, 5.74) is 2.45. The molecule has 0 bridgehead atoms. The summed E-state index contributed by atoms with van der Waals surface area (Å²) in [6.07, 6.45) is 2.75. The maximum atomic E-state index is 12.2. The molecule has 126 valence electrons. The van der Waals surface area contributed by atoms with Gasteiger partial charge < -0.3 is 10.6 Å². The van der Waals surface area contributed by atoms with Crippen molar-refractivity contribution in [1.29, 1.82) is 0 Å². The molecule has 1 aliphatic rings. The highest BCUT2D eigenvalue weighted by Crippen LogP contribution is 2.21. The van der Waals surface area contributed by atoms with Crippen molar-refractivity contribution < 1.29 is 9.59 Å². The minimum absolute atomic E-state index is 0.00354. The number of piperidine rings is 1. The number of rotatable bonds is 5. The van der Waals surface area contributed by atoms with Crippen molar-refractivity contribution in [3.8, 4) is 0 Å². The van der Waals surface area contributed by atoms with Gasteiger partial charge in [-0.1, -0.05) is 19.9 Å². The average molecular weight is 317 g/mol. The summed E-state index contributed by atoms with van der Waals surface area (Å²) < 4.78 is 0. The first kappa shape index (κ1) is 17.5. The lowest BCUT2D eigenvalue weighted by Crippen LogP contribution is -2.38. The van der Waals surface area contributed by atoms with Gasteiger partial charge in [0.05, 0.1) is 6.54 Å². The highest BCUT2D eigenvalue weighted by atomic mass is 16.2. The Labute approximate surface area is 138 Å². The number of anilines is 2. The largest absolute Gasteiger partial charge is 0.326 e. The fraction of sp³-hybridized carbons (Fsp3) is 0.556. The monoisotopic (exact) mass is 317 g/mol.